The topological polar surface area (TPSA) is 164 Å². The fourth-order valence-electron chi connectivity index (χ4n) is 7.02. The number of H-pyrrole nitrogens is 1. The van der Waals surface area contributed by atoms with E-state index in [0.29, 0.717) is 45.6 Å². The van der Waals surface area contributed by atoms with Crippen LogP contribution in [0.4, 0.5) is 0 Å². The van der Waals surface area contributed by atoms with Crippen LogP contribution in [-0.2, 0) is 19.0 Å². The van der Waals surface area contributed by atoms with Gasteiger partial charge in [-0.05, 0) is 25.0 Å². The van der Waals surface area contributed by atoms with Crippen molar-refractivity contribution in [3.8, 4) is 0 Å². The van der Waals surface area contributed by atoms with Gasteiger partial charge in [0.25, 0.3) is 11.8 Å². The van der Waals surface area contributed by atoms with Crippen LogP contribution < -0.4 is 0 Å². The highest BCUT2D eigenvalue weighted by molar-refractivity contribution is 9.09. The number of esters is 1. The number of fused-ring (bicyclic) bond motifs is 10. The quantitative estimate of drug-likeness (QED) is 0.0785. The van der Waals surface area contributed by atoms with Crippen LogP contribution in [-0.4, -0.2) is 104 Å². The van der Waals surface area contributed by atoms with Gasteiger partial charge in [-0.15, -0.1) is 0 Å². The Labute approximate surface area is 270 Å². The minimum atomic E-state index is -1.47. The molecule has 2 amide bonds. The zero-order valence-corrected chi connectivity index (χ0v) is 26.4. The van der Waals surface area contributed by atoms with Crippen molar-refractivity contribution in [2.75, 3.05) is 32.2 Å². The van der Waals surface area contributed by atoms with Crippen LogP contribution in [0.5, 0.6) is 0 Å². The highest BCUT2D eigenvalue weighted by atomic mass is 79.9. The first-order valence-electron chi connectivity index (χ1n) is 15.0. The van der Waals surface area contributed by atoms with Crippen LogP contribution in [0.2, 0.25) is 0 Å². The summed E-state index contributed by atoms with van der Waals surface area (Å²) >= 11 is 3.06. The number of nitrogens with one attached hydrogen (secondary N) is 1. The van der Waals surface area contributed by atoms with E-state index in [-0.39, 0.29) is 35.6 Å². The third-order valence-corrected chi connectivity index (χ3v) is 9.49. The van der Waals surface area contributed by atoms with E-state index in [0.717, 1.165) is 10.9 Å². The lowest BCUT2D eigenvalue weighted by Crippen LogP contribution is -2.57. The number of aromatic amines is 1. The summed E-state index contributed by atoms with van der Waals surface area (Å²) in [5.74, 6) is -1.25. The van der Waals surface area contributed by atoms with Crippen LogP contribution in [0.1, 0.15) is 39.8 Å². The fraction of sp³-hybridized carbons (Fsp3) is 0.364. The predicted molar refractivity (Wildman–Crippen MR) is 172 cm³/mol. The number of aliphatic hydroxyl groups excluding tert-OH is 3. The number of carbonyl (C=O) groups is 3. The number of alkyl halides is 1. The molecule has 240 valence electrons. The summed E-state index contributed by atoms with van der Waals surface area (Å²) in [4.78, 5) is 44.7. The molecule has 7 rings (SSSR count). The summed E-state index contributed by atoms with van der Waals surface area (Å²) in [6.07, 6.45) is -5.06. The number of carbonyl (C=O) groups excluding carboxylic acids is 3. The van der Waals surface area contributed by atoms with E-state index in [1.54, 1.807) is 4.57 Å². The molecule has 2 aliphatic rings. The first-order chi connectivity index (χ1) is 22.3. The summed E-state index contributed by atoms with van der Waals surface area (Å²) < 4.78 is 18.5. The first-order valence-corrected chi connectivity index (χ1v) is 16.2. The molecule has 1 fully saturated rings. The number of imide groups is 1. The minimum absolute atomic E-state index is 0.0884. The Morgan fingerprint density at radius 3 is 2.39 bits per heavy atom. The number of nitrogens with zero attached hydrogens (tertiary/aromatic N) is 2. The SMILES string of the molecule is CO[C@H]1[C@H](O)[C@@H](O)C(n2c3ccccc3c3c4c(c5c6ccccc6[nH]c5c32)C(=O)N(CCCCOC(=O)CBr)C4=O)O[C@@H]1CO. The van der Waals surface area contributed by atoms with E-state index >= 15 is 0 Å². The molecule has 5 aromatic rings. The largest absolute Gasteiger partial charge is 0.465 e. The van der Waals surface area contributed by atoms with Gasteiger partial charge in [0.2, 0.25) is 0 Å². The van der Waals surface area contributed by atoms with Gasteiger partial charge < -0.3 is 39.1 Å². The number of para-hydroxylation sites is 2. The summed E-state index contributed by atoms with van der Waals surface area (Å²) in [5, 5.41) is 35.2. The lowest BCUT2D eigenvalue weighted by molar-refractivity contribution is -0.255. The highest BCUT2D eigenvalue weighted by Gasteiger charge is 2.47. The lowest BCUT2D eigenvalue weighted by Gasteiger charge is -2.42. The van der Waals surface area contributed by atoms with Gasteiger partial charge in [0.15, 0.2) is 6.23 Å². The molecule has 0 aliphatic carbocycles. The Hall–Kier alpha value is -3.85. The van der Waals surface area contributed by atoms with Crippen LogP contribution in [0.25, 0.3) is 43.6 Å². The van der Waals surface area contributed by atoms with Crippen molar-refractivity contribution < 1.29 is 43.9 Å². The number of unbranched alkanes of at least 4 members (excludes halogenated alkanes) is 1. The molecule has 2 aromatic heterocycles. The van der Waals surface area contributed by atoms with Crippen molar-refractivity contribution in [1.29, 1.82) is 0 Å². The third-order valence-electron chi connectivity index (χ3n) is 9.04. The van der Waals surface area contributed by atoms with Gasteiger partial charge in [-0.25, -0.2) is 0 Å². The first kappa shape index (κ1) is 30.8. The van der Waals surface area contributed by atoms with Crippen LogP contribution >= 0.6 is 15.9 Å². The molecule has 2 aliphatic heterocycles. The normalized spacial score (nSPS) is 23.3. The van der Waals surface area contributed by atoms with Crippen molar-refractivity contribution in [2.45, 2.75) is 43.5 Å². The molecule has 0 spiro atoms. The van der Waals surface area contributed by atoms with Gasteiger partial charge in [-0.1, -0.05) is 52.3 Å². The Morgan fingerprint density at radius 2 is 1.67 bits per heavy atom. The summed E-state index contributed by atoms with van der Waals surface area (Å²) in [5.41, 5.74) is 2.96. The van der Waals surface area contributed by atoms with Crippen LogP contribution in [0.3, 0.4) is 0 Å². The van der Waals surface area contributed by atoms with Gasteiger partial charge in [0, 0.05) is 40.7 Å². The number of ether oxygens (including phenoxy) is 3. The zero-order chi connectivity index (χ0) is 32.3. The summed E-state index contributed by atoms with van der Waals surface area (Å²) in [7, 11) is 1.37. The Kier molecular flexibility index (Phi) is 8.07. The van der Waals surface area contributed by atoms with Crippen LogP contribution in [0.15, 0.2) is 48.5 Å². The molecule has 0 saturated carbocycles. The zero-order valence-electron chi connectivity index (χ0n) is 24.8. The molecule has 1 unspecified atom stereocenters. The van der Waals surface area contributed by atoms with E-state index in [1.165, 1.54) is 12.0 Å². The molecule has 1 saturated heterocycles. The molecule has 13 heteroatoms. The second kappa shape index (κ2) is 12.1. The number of hydrogen-bond donors (Lipinski definition) is 4. The molecular weight excluding hydrogens is 662 g/mol. The molecule has 3 aromatic carbocycles. The van der Waals surface area contributed by atoms with Crippen molar-refractivity contribution in [3.63, 3.8) is 0 Å². The predicted octanol–water partition coefficient (Wildman–Crippen LogP) is 3.37. The molecule has 12 nitrogen and oxygen atoms in total. The number of halogens is 1. The van der Waals surface area contributed by atoms with Gasteiger partial charge >= 0.3 is 5.97 Å². The number of aromatic nitrogens is 2. The van der Waals surface area contributed by atoms with E-state index in [4.69, 9.17) is 14.2 Å². The molecule has 0 bridgehead atoms. The standard InChI is InChI=1S/C33H32BrN3O9/c1-44-30-20(15-38)46-33(29(41)28(30)40)37-19-11-5-3-9-17(19)23-25-24(22-16-8-2-4-10-18(16)35-26(22)27(23)37)31(42)36(32(25)43)12-6-7-13-45-21(39)14-34/h2-5,8-11,20,28-30,33,35,38,40-41H,6-7,12-15H2,1H3/t20-,28-,29-,30-,33?/m1/s1. The molecule has 4 N–H and O–H groups in total. The van der Waals surface area contributed by atoms with E-state index < -0.39 is 49.1 Å². The second-order valence-corrected chi connectivity index (χ2v) is 12.1. The molecular formula is C33H32BrN3O9. The second-order valence-electron chi connectivity index (χ2n) is 11.5. The van der Waals surface area contributed by atoms with Crippen molar-refractivity contribution >= 4 is 77.3 Å². The molecule has 0 radical (unpaired) electrons. The Balaban J connectivity index is 1.46. The smallest absolute Gasteiger partial charge is 0.316 e. The molecule has 4 heterocycles. The number of aliphatic hydroxyl groups is 3. The van der Waals surface area contributed by atoms with Crippen molar-refractivity contribution in [1.82, 2.24) is 14.5 Å². The Morgan fingerprint density at radius 1 is 0.978 bits per heavy atom. The number of benzene rings is 3. The minimum Gasteiger partial charge on any atom is -0.465 e. The van der Waals surface area contributed by atoms with Crippen molar-refractivity contribution in [3.05, 3.63) is 59.7 Å². The van der Waals surface area contributed by atoms with Crippen molar-refractivity contribution in [2.24, 2.45) is 0 Å². The van der Waals surface area contributed by atoms with Crippen LogP contribution in [0, 0.1) is 0 Å². The van der Waals surface area contributed by atoms with Gasteiger partial charge in [-0.2, -0.15) is 0 Å². The van der Waals surface area contributed by atoms with E-state index in [9.17, 15) is 29.7 Å². The average molecular weight is 695 g/mol. The third kappa shape index (κ3) is 4.56. The number of rotatable bonds is 9. The maximum atomic E-state index is 14.3. The lowest BCUT2D eigenvalue weighted by atomic mass is 9.96. The van der Waals surface area contributed by atoms with Gasteiger partial charge in [0.1, 0.15) is 29.7 Å². The summed E-state index contributed by atoms with van der Waals surface area (Å²) in [6.45, 7) is -0.161. The maximum Gasteiger partial charge on any atom is 0.316 e. The van der Waals surface area contributed by atoms with Gasteiger partial charge in [0.05, 0.1) is 40.9 Å². The van der Waals surface area contributed by atoms with Gasteiger partial charge in [-0.3, -0.25) is 19.3 Å². The average Bonchev–Trinajstić information content (AvgIpc) is 3.70. The molecule has 5 atom stereocenters. The Bertz CT molecular complexity index is 2020. The molecule has 46 heavy (non-hydrogen) atoms. The number of methoxy groups -OCH3 is 1. The maximum absolute atomic E-state index is 14.3. The monoisotopic (exact) mass is 693 g/mol. The van der Waals surface area contributed by atoms with E-state index in [1.807, 2.05) is 48.5 Å². The highest BCUT2D eigenvalue weighted by Crippen LogP contribution is 2.47. The summed E-state index contributed by atoms with van der Waals surface area (Å²) in [6, 6.07) is 14.8. The number of hydrogen-bond acceptors (Lipinski definition) is 9. The number of amides is 2. The van der Waals surface area contributed by atoms with E-state index in [2.05, 4.69) is 20.9 Å². The fourth-order valence-corrected chi connectivity index (χ4v) is 7.18.